The molecule has 3 N–H and O–H groups in total. The van der Waals surface area contributed by atoms with Gasteiger partial charge in [0.05, 0.1) is 5.39 Å². The smallest absolute Gasteiger partial charge is 0.193 e. The summed E-state index contributed by atoms with van der Waals surface area (Å²) in [5.74, 6) is 1.58. The molecule has 0 saturated heterocycles. The molecule has 3 aromatic carbocycles. The van der Waals surface area contributed by atoms with Crippen LogP contribution in [0.25, 0.3) is 22.3 Å². The molecule has 8 heteroatoms. The van der Waals surface area contributed by atoms with Gasteiger partial charge in [-0.1, -0.05) is 48.5 Å². The second-order valence-corrected chi connectivity index (χ2v) is 7.95. The molecule has 0 fully saturated rings. The van der Waals surface area contributed by atoms with Crippen molar-refractivity contribution in [2.45, 2.75) is 25.4 Å². The van der Waals surface area contributed by atoms with Crippen molar-refractivity contribution in [1.82, 2.24) is 5.32 Å². The van der Waals surface area contributed by atoms with E-state index >= 15 is 0 Å². The third kappa shape index (κ3) is 7.07. The average molecular weight is 498 g/mol. The molecule has 0 aliphatic carbocycles. The summed E-state index contributed by atoms with van der Waals surface area (Å²) >= 11 is 0. The standard InChI is InChI=1S/C27H27NO6.ClH/c1-18(33-21-10-6-3-7-11-21)27(31)28-16-20(29)17-32-22-12-13-23-24(30)15-25(34-26(23)14-22)19-8-4-2-5-9-19;/h2-15,18,20,27-29,31H,16-17H2,1H3;1H. The maximum Gasteiger partial charge on any atom is 0.193 e. The fourth-order valence-corrected chi connectivity index (χ4v) is 3.42. The quantitative estimate of drug-likeness (QED) is 0.285. The van der Waals surface area contributed by atoms with E-state index in [1.165, 1.54) is 6.07 Å². The van der Waals surface area contributed by atoms with Crippen LogP contribution in [0.15, 0.2) is 94.1 Å². The first-order chi connectivity index (χ1) is 16.5. The molecule has 4 rings (SSSR count). The highest BCUT2D eigenvalue weighted by atomic mass is 35.5. The van der Waals surface area contributed by atoms with Crippen LogP contribution in [0.1, 0.15) is 6.92 Å². The molecule has 0 aliphatic heterocycles. The Morgan fingerprint density at radius 2 is 1.60 bits per heavy atom. The number of hydrogen-bond acceptors (Lipinski definition) is 7. The molecule has 4 aromatic rings. The van der Waals surface area contributed by atoms with Crippen LogP contribution in [-0.4, -0.2) is 41.8 Å². The first-order valence-electron chi connectivity index (χ1n) is 11.1. The minimum absolute atomic E-state index is 0. The summed E-state index contributed by atoms with van der Waals surface area (Å²) in [6.07, 6.45) is -2.36. The van der Waals surface area contributed by atoms with E-state index in [0.717, 1.165) is 5.56 Å². The van der Waals surface area contributed by atoms with Crippen molar-refractivity contribution in [2.24, 2.45) is 0 Å². The maximum absolute atomic E-state index is 12.5. The Morgan fingerprint density at radius 1 is 0.914 bits per heavy atom. The highest BCUT2D eigenvalue weighted by molar-refractivity contribution is 5.85. The predicted octanol–water partition coefficient (Wildman–Crippen LogP) is 4.00. The molecule has 0 spiro atoms. The lowest BCUT2D eigenvalue weighted by Crippen LogP contribution is -2.45. The van der Waals surface area contributed by atoms with Crippen LogP contribution in [0.2, 0.25) is 0 Å². The van der Waals surface area contributed by atoms with E-state index in [4.69, 9.17) is 13.9 Å². The predicted molar refractivity (Wildman–Crippen MR) is 137 cm³/mol. The molecule has 3 unspecified atom stereocenters. The number of benzene rings is 3. The molecular weight excluding hydrogens is 470 g/mol. The minimum atomic E-state index is -0.971. The number of aliphatic hydroxyl groups excluding tert-OH is 2. The SMILES string of the molecule is CC(Oc1ccccc1)C(O)NCC(O)COc1ccc2c(=O)cc(-c3ccccc3)oc2c1.Cl. The number of halogens is 1. The van der Waals surface area contributed by atoms with Crippen molar-refractivity contribution in [3.63, 3.8) is 0 Å². The molecule has 0 radical (unpaired) electrons. The molecule has 0 aliphatic rings. The summed E-state index contributed by atoms with van der Waals surface area (Å²) in [6, 6.07) is 25.0. The Bertz CT molecular complexity index is 1270. The van der Waals surface area contributed by atoms with Crippen LogP contribution in [-0.2, 0) is 0 Å². The molecule has 1 heterocycles. The second-order valence-electron chi connectivity index (χ2n) is 7.95. The van der Waals surface area contributed by atoms with Gasteiger partial charge in [-0.2, -0.15) is 0 Å². The van der Waals surface area contributed by atoms with Crippen LogP contribution in [0, 0.1) is 0 Å². The summed E-state index contributed by atoms with van der Waals surface area (Å²) < 4.78 is 17.3. The zero-order valence-corrected chi connectivity index (χ0v) is 20.0. The Balaban J connectivity index is 0.00000342. The van der Waals surface area contributed by atoms with Gasteiger partial charge < -0.3 is 24.1 Å². The van der Waals surface area contributed by atoms with Gasteiger partial charge in [-0.25, -0.2) is 0 Å². The highest BCUT2D eigenvalue weighted by Crippen LogP contribution is 2.25. The average Bonchev–Trinajstić information content (AvgIpc) is 2.86. The van der Waals surface area contributed by atoms with E-state index in [0.29, 0.717) is 28.2 Å². The summed E-state index contributed by atoms with van der Waals surface area (Å²) in [4.78, 5) is 12.5. The van der Waals surface area contributed by atoms with Crippen molar-refractivity contribution in [3.8, 4) is 22.8 Å². The monoisotopic (exact) mass is 497 g/mol. The lowest BCUT2D eigenvalue weighted by atomic mass is 10.1. The molecule has 0 bridgehead atoms. The van der Waals surface area contributed by atoms with Crippen molar-refractivity contribution in [2.75, 3.05) is 13.2 Å². The topological polar surface area (TPSA) is 101 Å². The molecular formula is C27H28ClNO6. The highest BCUT2D eigenvalue weighted by Gasteiger charge is 2.17. The molecule has 1 aromatic heterocycles. The van der Waals surface area contributed by atoms with Gasteiger partial charge in [0.25, 0.3) is 0 Å². The third-order valence-electron chi connectivity index (χ3n) is 5.27. The molecule has 0 amide bonds. The summed E-state index contributed by atoms with van der Waals surface area (Å²) in [5, 5.41) is 23.8. The van der Waals surface area contributed by atoms with E-state index in [1.54, 1.807) is 37.3 Å². The summed E-state index contributed by atoms with van der Waals surface area (Å²) in [7, 11) is 0. The first-order valence-corrected chi connectivity index (χ1v) is 11.1. The van der Waals surface area contributed by atoms with Crippen molar-refractivity contribution in [3.05, 3.63) is 95.2 Å². The van der Waals surface area contributed by atoms with Gasteiger partial charge in [0.15, 0.2) is 5.43 Å². The van der Waals surface area contributed by atoms with Gasteiger partial charge in [0.1, 0.15) is 47.9 Å². The molecule has 3 atom stereocenters. The zero-order chi connectivity index (χ0) is 23.9. The first kappa shape index (κ1) is 26.2. The normalized spacial score (nSPS) is 13.5. The van der Waals surface area contributed by atoms with Crippen molar-refractivity contribution in [1.29, 1.82) is 0 Å². The fraction of sp³-hybridized carbons (Fsp3) is 0.222. The van der Waals surface area contributed by atoms with Gasteiger partial charge in [0, 0.05) is 24.2 Å². The van der Waals surface area contributed by atoms with Gasteiger partial charge >= 0.3 is 0 Å². The van der Waals surface area contributed by atoms with Crippen LogP contribution in [0.4, 0.5) is 0 Å². The lowest BCUT2D eigenvalue weighted by molar-refractivity contribution is 0.00994. The van der Waals surface area contributed by atoms with E-state index < -0.39 is 18.4 Å². The Morgan fingerprint density at radius 3 is 2.31 bits per heavy atom. The van der Waals surface area contributed by atoms with E-state index in [-0.39, 0.29) is 31.0 Å². The Kier molecular flexibility index (Phi) is 9.28. The largest absolute Gasteiger partial charge is 0.491 e. The van der Waals surface area contributed by atoms with Gasteiger partial charge in [-0.15, -0.1) is 12.4 Å². The fourth-order valence-electron chi connectivity index (χ4n) is 3.42. The van der Waals surface area contributed by atoms with E-state index in [9.17, 15) is 15.0 Å². The maximum atomic E-state index is 12.5. The molecule has 7 nitrogen and oxygen atoms in total. The van der Waals surface area contributed by atoms with Crippen LogP contribution < -0.4 is 20.2 Å². The third-order valence-corrected chi connectivity index (χ3v) is 5.27. The van der Waals surface area contributed by atoms with Gasteiger partial charge in [-0.3, -0.25) is 10.1 Å². The number of aliphatic hydroxyl groups is 2. The minimum Gasteiger partial charge on any atom is -0.491 e. The zero-order valence-electron chi connectivity index (χ0n) is 19.2. The molecule has 35 heavy (non-hydrogen) atoms. The van der Waals surface area contributed by atoms with Gasteiger partial charge in [-0.05, 0) is 31.2 Å². The number of fused-ring (bicyclic) bond motifs is 1. The lowest BCUT2D eigenvalue weighted by Gasteiger charge is -2.23. The summed E-state index contributed by atoms with van der Waals surface area (Å²) in [5.41, 5.74) is 1.06. The summed E-state index contributed by atoms with van der Waals surface area (Å²) in [6.45, 7) is 1.83. The Labute approximate surface area is 209 Å². The second kappa shape index (κ2) is 12.4. The number of ether oxygens (including phenoxy) is 2. The van der Waals surface area contributed by atoms with E-state index in [1.807, 2.05) is 48.5 Å². The van der Waals surface area contributed by atoms with Crippen molar-refractivity contribution >= 4 is 23.4 Å². The van der Waals surface area contributed by atoms with Gasteiger partial charge in [0.2, 0.25) is 0 Å². The van der Waals surface area contributed by atoms with Crippen LogP contribution in [0.5, 0.6) is 11.5 Å². The van der Waals surface area contributed by atoms with Crippen LogP contribution >= 0.6 is 12.4 Å². The number of para-hydroxylation sites is 1. The number of nitrogens with one attached hydrogen (secondary N) is 1. The molecule has 0 saturated carbocycles. The Hall–Kier alpha value is -3.36. The number of rotatable bonds is 10. The van der Waals surface area contributed by atoms with Crippen LogP contribution in [0.3, 0.4) is 0 Å². The molecule has 184 valence electrons. The van der Waals surface area contributed by atoms with E-state index in [2.05, 4.69) is 5.32 Å². The number of hydrogen-bond donors (Lipinski definition) is 3. The van der Waals surface area contributed by atoms with Crippen molar-refractivity contribution < 1.29 is 24.1 Å².